The van der Waals surface area contributed by atoms with Crippen molar-refractivity contribution in [2.24, 2.45) is 17.8 Å². The standard InChI is InChI=1S/C23H24ClF2N5O3S/c24-15-10-35-17-5-16(30-18(15)17)22(34)31-9-12-6-23(25,26)7-14(12)19(31)21(33)29-13(8-27)4-11-2-1-3-28-20(11)32/h5,10-14,19,30H,1-4,6-7,9H2,(H,28,32)(H,29,33)/t11-,12-,13-,14-,19-/m1/s1. The van der Waals surface area contributed by atoms with Gasteiger partial charge in [-0.05, 0) is 37.2 Å². The normalized spacial score (nSPS) is 28.4. The number of rotatable bonds is 5. The Labute approximate surface area is 209 Å². The lowest BCUT2D eigenvalue weighted by molar-refractivity contribution is -0.129. The summed E-state index contributed by atoms with van der Waals surface area (Å²) in [6.07, 6.45) is 0.639. The molecule has 0 unspecified atom stereocenters. The lowest BCUT2D eigenvalue weighted by Gasteiger charge is -2.29. The third-order valence-electron chi connectivity index (χ3n) is 7.33. The molecule has 4 heterocycles. The molecule has 1 saturated carbocycles. The van der Waals surface area contributed by atoms with Crippen LogP contribution in [0.1, 0.15) is 42.6 Å². The van der Waals surface area contributed by atoms with Gasteiger partial charge in [0.05, 0.1) is 21.3 Å². The number of H-pyrrole nitrogens is 1. The Bertz CT molecular complexity index is 1220. The van der Waals surface area contributed by atoms with Gasteiger partial charge < -0.3 is 20.5 Å². The fourth-order valence-electron chi connectivity index (χ4n) is 5.74. The van der Waals surface area contributed by atoms with Crippen molar-refractivity contribution in [1.29, 1.82) is 5.26 Å². The molecule has 2 aromatic heterocycles. The van der Waals surface area contributed by atoms with Crippen LogP contribution < -0.4 is 10.6 Å². The Kier molecular flexibility index (Phi) is 6.21. The van der Waals surface area contributed by atoms with E-state index >= 15 is 0 Å². The third-order valence-corrected chi connectivity index (χ3v) is 8.69. The smallest absolute Gasteiger partial charge is 0.271 e. The van der Waals surface area contributed by atoms with Gasteiger partial charge in [-0.3, -0.25) is 14.4 Å². The van der Waals surface area contributed by atoms with Crippen LogP contribution in [0.2, 0.25) is 5.02 Å². The van der Waals surface area contributed by atoms with E-state index in [1.54, 1.807) is 11.4 Å². The molecule has 5 atom stereocenters. The van der Waals surface area contributed by atoms with Gasteiger partial charge in [0, 0.05) is 37.2 Å². The van der Waals surface area contributed by atoms with E-state index in [9.17, 15) is 28.4 Å². The fraction of sp³-hybridized carbons (Fsp3) is 0.565. The third kappa shape index (κ3) is 4.49. The highest BCUT2D eigenvalue weighted by Crippen LogP contribution is 2.50. The number of hydrogen-bond donors (Lipinski definition) is 3. The number of hydrogen-bond acceptors (Lipinski definition) is 5. The minimum Gasteiger partial charge on any atom is -0.356 e. The van der Waals surface area contributed by atoms with E-state index in [-0.39, 0.29) is 31.0 Å². The second-order valence-corrected chi connectivity index (χ2v) is 11.0. The number of fused-ring (bicyclic) bond motifs is 2. The molecule has 35 heavy (non-hydrogen) atoms. The van der Waals surface area contributed by atoms with E-state index in [2.05, 4.69) is 15.6 Å². The molecule has 2 saturated heterocycles. The second-order valence-electron chi connectivity index (χ2n) is 9.65. The molecule has 0 spiro atoms. The van der Waals surface area contributed by atoms with Crippen molar-refractivity contribution in [2.75, 3.05) is 13.1 Å². The first kappa shape index (κ1) is 24.0. The van der Waals surface area contributed by atoms with Crippen LogP contribution in [-0.2, 0) is 9.59 Å². The molecule has 3 aliphatic rings. The number of aromatic nitrogens is 1. The van der Waals surface area contributed by atoms with Crippen molar-refractivity contribution in [3.63, 3.8) is 0 Å². The largest absolute Gasteiger partial charge is 0.356 e. The number of nitrogens with one attached hydrogen (secondary N) is 3. The van der Waals surface area contributed by atoms with Gasteiger partial charge in [0.15, 0.2) is 0 Å². The van der Waals surface area contributed by atoms with Crippen molar-refractivity contribution in [2.45, 2.75) is 50.1 Å². The molecular weight excluding hydrogens is 500 g/mol. The van der Waals surface area contributed by atoms with Crippen molar-refractivity contribution in [3.8, 4) is 6.07 Å². The van der Waals surface area contributed by atoms with Crippen LogP contribution in [0.4, 0.5) is 8.78 Å². The monoisotopic (exact) mass is 523 g/mol. The number of nitriles is 1. The van der Waals surface area contributed by atoms with E-state index in [1.807, 2.05) is 6.07 Å². The number of likely N-dealkylation sites (tertiary alicyclic amines) is 1. The zero-order chi connectivity index (χ0) is 24.9. The predicted octanol–water partition coefficient (Wildman–Crippen LogP) is 3.29. The Morgan fingerprint density at radius 1 is 1.40 bits per heavy atom. The number of aromatic amines is 1. The molecule has 0 aromatic carbocycles. The first-order valence-electron chi connectivity index (χ1n) is 11.6. The van der Waals surface area contributed by atoms with Crippen LogP contribution in [-0.4, -0.2) is 58.7 Å². The molecule has 0 radical (unpaired) electrons. The number of amides is 3. The molecule has 5 rings (SSSR count). The van der Waals surface area contributed by atoms with Gasteiger partial charge in [-0.25, -0.2) is 8.78 Å². The van der Waals surface area contributed by atoms with Gasteiger partial charge in [0.2, 0.25) is 17.7 Å². The molecule has 3 amide bonds. The molecule has 8 nitrogen and oxygen atoms in total. The number of carbonyl (C=O) groups is 3. The number of piperidine rings is 1. The van der Waals surface area contributed by atoms with Gasteiger partial charge in [-0.15, -0.1) is 11.3 Å². The van der Waals surface area contributed by atoms with Crippen molar-refractivity contribution < 1.29 is 23.2 Å². The van der Waals surface area contributed by atoms with E-state index in [0.717, 1.165) is 11.1 Å². The highest BCUT2D eigenvalue weighted by atomic mass is 35.5. The summed E-state index contributed by atoms with van der Waals surface area (Å²) in [6, 6.07) is 1.56. The van der Waals surface area contributed by atoms with Gasteiger partial charge >= 0.3 is 0 Å². The van der Waals surface area contributed by atoms with E-state index in [1.165, 1.54) is 16.2 Å². The van der Waals surface area contributed by atoms with Crippen molar-refractivity contribution in [1.82, 2.24) is 20.5 Å². The molecule has 3 N–H and O–H groups in total. The van der Waals surface area contributed by atoms with Crippen LogP contribution in [0, 0.1) is 29.1 Å². The zero-order valence-corrected chi connectivity index (χ0v) is 20.2. The average molecular weight is 524 g/mol. The maximum Gasteiger partial charge on any atom is 0.271 e. The zero-order valence-electron chi connectivity index (χ0n) is 18.7. The SMILES string of the molecule is N#C[C@@H](C[C@H]1CCCNC1=O)NC(=O)[C@H]1[C@@H]2CC(F)(F)C[C@@H]2CN1C(=O)c1cc2scc(Cl)c2[nH]1. The van der Waals surface area contributed by atoms with Crippen LogP contribution in [0.3, 0.4) is 0 Å². The number of carbonyl (C=O) groups excluding carboxylic acids is 3. The molecule has 3 fully saturated rings. The topological polar surface area (TPSA) is 118 Å². The number of thiophene rings is 1. The summed E-state index contributed by atoms with van der Waals surface area (Å²) in [7, 11) is 0. The quantitative estimate of drug-likeness (QED) is 0.557. The maximum atomic E-state index is 14.2. The number of halogens is 3. The molecule has 12 heteroatoms. The summed E-state index contributed by atoms with van der Waals surface area (Å²) in [4.78, 5) is 43.2. The van der Waals surface area contributed by atoms with Crippen LogP contribution in [0.5, 0.6) is 0 Å². The highest BCUT2D eigenvalue weighted by molar-refractivity contribution is 7.17. The molecule has 186 valence electrons. The van der Waals surface area contributed by atoms with E-state index < -0.39 is 54.0 Å². The molecular formula is C23H24ClF2N5O3S. The highest BCUT2D eigenvalue weighted by Gasteiger charge is 2.58. The minimum atomic E-state index is -2.90. The van der Waals surface area contributed by atoms with Crippen molar-refractivity contribution >= 4 is 50.9 Å². The maximum absolute atomic E-state index is 14.2. The fourth-order valence-corrected chi connectivity index (χ4v) is 6.89. The summed E-state index contributed by atoms with van der Waals surface area (Å²) in [6.45, 7) is 0.608. The summed E-state index contributed by atoms with van der Waals surface area (Å²) >= 11 is 7.52. The number of nitrogens with zero attached hydrogens (tertiary/aromatic N) is 2. The Balaban J connectivity index is 1.37. The van der Waals surface area contributed by atoms with Crippen LogP contribution >= 0.6 is 22.9 Å². The Morgan fingerprint density at radius 2 is 2.20 bits per heavy atom. The van der Waals surface area contributed by atoms with E-state index in [0.29, 0.717) is 23.5 Å². The molecule has 2 aliphatic heterocycles. The van der Waals surface area contributed by atoms with Gasteiger partial charge in [0.25, 0.3) is 5.91 Å². The number of alkyl halides is 2. The summed E-state index contributed by atoms with van der Waals surface area (Å²) in [5.41, 5.74) is 0.844. The minimum absolute atomic E-state index is 0.0276. The van der Waals surface area contributed by atoms with Gasteiger partial charge in [0.1, 0.15) is 17.8 Å². The average Bonchev–Trinajstić information content (AvgIpc) is 3.54. The van der Waals surface area contributed by atoms with Crippen LogP contribution in [0.15, 0.2) is 11.4 Å². The first-order valence-corrected chi connectivity index (χ1v) is 12.8. The summed E-state index contributed by atoms with van der Waals surface area (Å²) < 4.78 is 29.2. The van der Waals surface area contributed by atoms with Gasteiger partial charge in [-0.2, -0.15) is 5.26 Å². The lowest BCUT2D eigenvalue weighted by atomic mass is 9.90. The Morgan fingerprint density at radius 3 is 2.91 bits per heavy atom. The molecule has 1 aliphatic carbocycles. The summed E-state index contributed by atoms with van der Waals surface area (Å²) in [5, 5.41) is 17.2. The molecule has 2 aromatic rings. The molecule has 0 bridgehead atoms. The van der Waals surface area contributed by atoms with E-state index in [4.69, 9.17) is 11.6 Å². The predicted molar refractivity (Wildman–Crippen MR) is 125 cm³/mol. The second kappa shape index (κ2) is 9.06. The first-order chi connectivity index (χ1) is 16.7. The van der Waals surface area contributed by atoms with Crippen molar-refractivity contribution in [3.05, 3.63) is 22.2 Å². The van der Waals surface area contributed by atoms with Crippen LogP contribution in [0.25, 0.3) is 10.2 Å². The van der Waals surface area contributed by atoms with Gasteiger partial charge in [-0.1, -0.05) is 11.6 Å². The Hall–Kier alpha value is -2.71. The summed E-state index contributed by atoms with van der Waals surface area (Å²) in [5.74, 6) is -5.82. The lowest BCUT2D eigenvalue weighted by Crippen LogP contribution is -2.52.